The number of hydrogen-bond acceptors (Lipinski definition) is 3. The summed E-state index contributed by atoms with van der Waals surface area (Å²) in [4.78, 5) is 13.0. The molecule has 0 aliphatic carbocycles. The third kappa shape index (κ3) is 4.71. The zero-order valence-electron chi connectivity index (χ0n) is 18.1. The Bertz CT molecular complexity index is 942. The summed E-state index contributed by atoms with van der Waals surface area (Å²) in [7, 11) is -1.89. The van der Waals surface area contributed by atoms with Gasteiger partial charge in [-0.25, -0.2) is 9.18 Å². The smallest absolute Gasteiger partial charge is 0.407 e. The largest absolute Gasteiger partial charge is 0.465 e. The lowest BCUT2D eigenvalue weighted by Crippen LogP contribution is -2.43. The predicted molar refractivity (Wildman–Crippen MR) is 118 cm³/mol. The summed E-state index contributed by atoms with van der Waals surface area (Å²) in [5, 5.41) is 14.4. The average molecular weight is 454 g/mol. The van der Waals surface area contributed by atoms with Crippen LogP contribution in [0.5, 0.6) is 0 Å². The van der Waals surface area contributed by atoms with Crippen LogP contribution < -0.4 is 0 Å². The molecule has 1 aromatic carbocycles. The Hall–Kier alpha value is -1.90. The number of aromatic nitrogens is 2. The van der Waals surface area contributed by atoms with Gasteiger partial charge in [-0.15, -0.1) is 0 Å². The van der Waals surface area contributed by atoms with Crippen LogP contribution in [0.15, 0.2) is 24.3 Å². The first-order valence-corrected chi connectivity index (χ1v) is 13.3. The first kappa shape index (κ1) is 22.8. The van der Waals surface area contributed by atoms with Crippen LogP contribution in [0.1, 0.15) is 38.9 Å². The number of amides is 1. The predicted octanol–water partition coefficient (Wildman–Crippen LogP) is 5.79. The maximum atomic E-state index is 13.5. The van der Waals surface area contributed by atoms with E-state index in [1.54, 1.807) is 6.07 Å². The molecule has 1 unspecified atom stereocenters. The minimum Gasteiger partial charge on any atom is -0.465 e. The SMILES string of the molecule is CC(C)(C)[Si](C)(C)OCCC1CN(C(=O)O)Cc2cc(-c3ccc(F)c(Cl)c3)nn21. The number of benzene rings is 1. The molecule has 1 atom stereocenters. The van der Waals surface area contributed by atoms with E-state index in [0.29, 0.717) is 30.8 Å². The Morgan fingerprint density at radius 3 is 2.67 bits per heavy atom. The van der Waals surface area contributed by atoms with Crippen LogP contribution in [-0.4, -0.2) is 47.3 Å². The number of fused-ring (bicyclic) bond motifs is 1. The Kier molecular flexibility index (Phi) is 6.32. The summed E-state index contributed by atoms with van der Waals surface area (Å²) in [6.45, 7) is 12.1. The van der Waals surface area contributed by atoms with Crippen LogP contribution in [0, 0.1) is 5.82 Å². The lowest BCUT2D eigenvalue weighted by molar-refractivity contribution is 0.113. The molecule has 30 heavy (non-hydrogen) atoms. The van der Waals surface area contributed by atoms with E-state index >= 15 is 0 Å². The highest BCUT2D eigenvalue weighted by atomic mass is 35.5. The van der Waals surface area contributed by atoms with Crippen LogP contribution in [0.4, 0.5) is 9.18 Å². The van der Waals surface area contributed by atoms with Gasteiger partial charge in [-0.3, -0.25) is 4.68 Å². The molecule has 0 saturated carbocycles. The summed E-state index contributed by atoms with van der Waals surface area (Å²) in [5.74, 6) is -0.484. The molecule has 9 heteroatoms. The van der Waals surface area contributed by atoms with Crippen LogP contribution >= 0.6 is 11.6 Å². The normalized spacial score (nSPS) is 17.2. The number of hydrogen-bond donors (Lipinski definition) is 1. The zero-order chi connectivity index (χ0) is 22.3. The first-order valence-electron chi connectivity index (χ1n) is 10.0. The van der Waals surface area contributed by atoms with E-state index in [-0.39, 0.29) is 22.6 Å². The summed E-state index contributed by atoms with van der Waals surface area (Å²) < 4.78 is 21.7. The molecule has 164 valence electrons. The maximum absolute atomic E-state index is 13.5. The minimum atomic E-state index is -1.89. The van der Waals surface area contributed by atoms with E-state index < -0.39 is 20.2 Å². The highest BCUT2D eigenvalue weighted by Gasteiger charge is 2.37. The maximum Gasteiger partial charge on any atom is 0.407 e. The van der Waals surface area contributed by atoms with Gasteiger partial charge in [-0.05, 0) is 48.8 Å². The summed E-state index contributed by atoms with van der Waals surface area (Å²) in [6.07, 6.45) is -0.293. The molecule has 1 aliphatic heterocycles. The van der Waals surface area contributed by atoms with Gasteiger partial charge in [0.25, 0.3) is 0 Å². The van der Waals surface area contributed by atoms with Crippen LogP contribution in [0.3, 0.4) is 0 Å². The van der Waals surface area contributed by atoms with Gasteiger partial charge in [0, 0.05) is 18.7 Å². The summed E-state index contributed by atoms with van der Waals surface area (Å²) in [5.41, 5.74) is 2.15. The molecule has 1 aromatic heterocycles. The standard InChI is InChI=1S/C21H29ClFN3O3Si/c1-21(2,3)30(4,5)29-9-8-15-12-25(20(27)28)13-16-11-19(24-26(15)16)14-6-7-18(23)17(22)10-14/h6-7,10-11,15H,8-9,12-13H2,1-5H3,(H,27,28). The van der Waals surface area contributed by atoms with Gasteiger partial charge in [0.15, 0.2) is 8.32 Å². The molecule has 0 spiro atoms. The van der Waals surface area contributed by atoms with Gasteiger partial charge in [-0.1, -0.05) is 32.4 Å². The molecule has 1 N–H and O–H groups in total. The molecule has 0 saturated heterocycles. The lowest BCUT2D eigenvalue weighted by Gasteiger charge is -2.37. The van der Waals surface area contributed by atoms with Crippen LogP contribution in [0.25, 0.3) is 11.3 Å². The molecule has 0 bridgehead atoms. The molecule has 0 fully saturated rings. The Morgan fingerprint density at radius 2 is 2.07 bits per heavy atom. The molecule has 2 heterocycles. The second-order valence-corrected chi connectivity index (χ2v) is 14.5. The fourth-order valence-electron chi connectivity index (χ4n) is 3.28. The molecular formula is C21H29ClFN3O3Si. The quantitative estimate of drug-likeness (QED) is 0.582. The molecule has 3 rings (SSSR count). The molecule has 2 aromatic rings. The fraction of sp³-hybridized carbons (Fsp3) is 0.524. The fourth-order valence-corrected chi connectivity index (χ4v) is 4.52. The zero-order valence-corrected chi connectivity index (χ0v) is 19.8. The number of rotatable bonds is 5. The second kappa shape index (κ2) is 8.32. The van der Waals surface area contributed by atoms with Crippen molar-refractivity contribution < 1.29 is 18.7 Å². The van der Waals surface area contributed by atoms with Gasteiger partial charge in [0.05, 0.1) is 29.0 Å². The summed E-state index contributed by atoms with van der Waals surface area (Å²) in [6, 6.07) is 6.19. The minimum absolute atomic E-state index is 0.0324. The number of halogens is 2. The highest BCUT2D eigenvalue weighted by Crippen LogP contribution is 2.37. The highest BCUT2D eigenvalue weighted by molar-refractivity contribution is 6.74. The Morgan fingerprint density at radius 1 is 1.37 bits per heavy atom. The van der Waals surface area contributed by atoms with Gasteiger partial charge in [-0.2, -0.15) is 5.10 Å². The van der Waals surface area contributed by atoms with Gasteiger partial charge in [0.2, 0.25) is 0 Å². The van der Waals surface area contributed by atoms with Gasteiger partial charge >= 0.3 is 6.09 Å². The van der Waals surface area contributed by atoms with Crippen LogP contribution in [-0.2, 0) is 11.0 Å². The van der Waals surface area contributed by atoms with Crippen molar-refractivity contribution in [1.82, 2.24) is 14.7 Å². The number of nitrogens with zero attached hydrogens (tertiary/aromatic N) is 3. The molecule has 1 amide bonds. The molecule has 1 aliphatic rings. The number of carbonyl (C=O) groups is 1. The van der Waals surface area contributed by atoms with Crippen molar-refractivity contribution in [1.29, 1.82) is 0 Å². The van der Waals surface area contributed by atoms with Crippen LogP contribution in [0.2, 0.25) is 23.2 Å². The third-order valence-electron chi connectivity index (χ3n) is 6.15. The Balaban J connectivity index is 1.83. The van der Waals surface area contributed by atoms with Crippen molar-refractivity contribution in [3.63, 3.8) is 0 Å². The van der Waals surface area contributed by atoms with E-state index in [4.69, 9.17) is 21.1 Å². The van der Waals surface area contributed by atoms with Crippen molar-refractivity contribution in [2.24, 2.45) is 0 Å². The monoisotopic (exact) mass is 453 g/mol. The van der Waals surface area contributed by atoms with E-state index in [2.05, 4.69) is 33.9 Å². The first-order chi connectivity index (χ1) is 13.9. The van der Waals surface area contributed by atoms with E-state index in [0.717, 1.165) is 5.69 Å². The Labute approximate surface area is 182 Å². The molecular weight excluding hydrogens is 425 g/mol. The van der Waals surface area contributed by atoms with Crippen molar-refractivity contribution >= 4 is 26.0 Å². The molecule has 6 nitrogen and oxygen atoms in total. The third-order valence-corrected chi connectivity index (χ3v) is 11.0. The van der Waals surface area contributed by atoms with Crippen molar-refractivity contribution in [3.8, 4) is 11.3 Å². The molecule has 0 radical (unpaired) electrons. The van der Waals surface area contributed by atoms with Crippen molar-refractivity contribution in [2.45, 2.75) is 57.9 Å². The van der Waals surface area contributed by atoms with Crippen molar-refractivity contribution in [3.05, 3.63) is 40.8 Å². The average Bonchev–Trinajstić information content (AvgIpc) is 3.07. The van der Waals surface area contributed by atoms with E-state index in [1.165, 1.54) is 17.0 Å². The summed E-state index contributed by atoms with van der Waals surface area (Å²) >= 11 is 5.92. The number of carboxylic acid groups (broad SMARTS) is 1. The topological polar surface area (TPSA) is 67.6 Å². The van der Waals surface area contributed by atoms with E-state index in [1.807, 2.05) is 10.7 Å². The second-order valence-electron chi connectivity index (χ2n) is 9.31. The van der Waals surface area contributed by atoms with Gasteiger partial charge in [0.1, 0.15) is 5.82 Å². The van der Waals surface area contributed by atoms with E-state index in [9.17, 15) is 14.3 Å². The van der Waals surface area contributed by atoms with Gasteiger partial charge < -0.3 is 14.4 Å². The lowest BCUT2D eigenvalue weighted by atomic mass is 10.1. The van der Waals surface area contributed by atoms with Crippen molar-refractivity contribution in [2.75, 3.05) is 13.2 Å².